The topological polar surface area (TPSA) is 64.3 Å². The summed E-state index contributed by atoms with van der Waals surface area (Å²) in [6, 6.07) is 8.83. The van der Waals surface area contributed by atoms with Crippen molar-refractivity contribution < 1.29 is 9.90 Å². The van der Waals surface area contributed by atoms with E-state index in [4.69, 9.17) is 5.26 Å². The molecule has 1 amide bonds. The van der Waals surface area contributed by atoms with E-state index in [0.717, 1.165) is 12.1 Å². The quantitative estimate of drug-likeness (QED) is 0.763. The van der Waals surface area contributed by atoms with Crippen LogP contribution in [0.1, 0.15) is 18.4 Å². The number of aliphatic hydroxyl groups is 1. The molecule has 1 aliphatic heterocycles. The normalized spacial score (nSPS) is 20.6. The molecule has 1 fully saturated rings. The summed E-state index contributed by atoms with van der Waals surface area (Å²) in [4.78, 5) is 13.3. The Labute approximate surface area is 93.7 Å². The van der Waals surface area contributed by atoms with Gasteiger partial charge in [0, 0.05) is 12.2 Å². The first-order chi connectivity index (χ1) is 7.72. The molecule has 1 unspecified atom stereocenters. The number of rotatable bonds is 1. The molecule has 1 saturated heterocycles. The van der Waals surface area contributed by atoms with Crippen molar-refractivity contribution in [3.05, 3.63) is 29.8 Å². The van der Waals surface area contributed by atoms with Crippen molar-refractivity contribution in [2.75, 3.05) is 11.4 Å². The number of anilines is 1. The molecule has 1 aliphatic rings. The SMILES string of the molecule is N#Cc1ccc(N2CCCC(O)C2=O)cc1. The van der Waals surface area contributed by atoms with Gasteiger partial charge in [0.15, 0.2) is 0 Å². The zero-order valence-corrected chi connectivity index (χ0v) is 8.76. The number of hydrogen-bond acceptors (Lipinski definition) is 3. The van der Waals surface area contributed by atoms with E-state index in [-0.39, 0.29) is 5.91 Å². The molecule has 82 valence electrons. The maximum absolute atomic E-state index is 11.7. The summed E-state index contributed by atoms with van der Waals surface area (Å²) in [6.07, 6.45) is 0.447. The molecule has 0 aromatic heterocycles. The predicted molar refractivity (Wildman–Crippen MR) is 58.8 cm³/mol. The number of piperidine rings is 1. The van der Waals surface area contributed by atoms with Crippen molar-refractivity contribution in [2.45, 2.75) is 18.9 Å². The number of carbonyl (C=O) groups is 1. The Morgan fingerprint density at radius 3 is 2.69 bits per heavy atom. The molecule has 0 spiro atoms. The Morgan fingerprint density at radius 2 is 2.06 bits per heavy atom. The second-order valence-electron chi connectivity index (χ2n) is 3.81. The van der Waals surface area contributed by atoms with Gasteiger partial charge in [-0.15, -0.1) is 0 Å². The lowest BCUT2D eigenvalue weighted by molar-refractivity contribution is -0.128. The molecule has 2 rings (SSSR count). The second kappa shape index (κ2) is 4.33. The first-order valence-electron chi connectivity index (χ1n) is 5.22. The van der Waals surface area contributed by atoms with Crippen LogP contribution in [0.15, 0.2) is 24.3 Å². The Hall–Kier alpha value is -1.86. The van der Waals surface area contributed by atoms with Crippen LogP contribution >= 0.6 is 0 Å². The Morgan fingerprint density at radius 1 is 1.38 bits per heavy atom. The van der Waals surface area contributed by atoms with Gasteiger partial charge in [0.2, 0.25) is 0 Å². The molecule has 1 atom stereocenters. The minimum absolute atomic E-state index is 0.254. The van der Waals surface area contributed by atoms with E-state index in [2.05, 4.69) is 0 Å². The number of amides is 1. The summed E-state index contributed by atoms with van der Waals surface area (Å²) in [6.45, 7) is 0.627. The molecule has 0 saturated carbocycles. The van der Waals surface area contributed by atoms with Crippen molar-refractivity contribution in [2.24, 2.45) is 0 Å². The Bertz CT molecular complexity index is 433. The van der Waals surface area contributed by atoms with Crippen LogP contribution in [0.3, 0.4) is 0 Å². The minimum atomic E-state index is -0.885. The largest absolute Gasteiger partial charge is 0.383 e. The minimum Gasteiger partial charge on any atom is -0.383 e. The van der Waals surface area contributed by atoms with Crippen LogP contribution in [0.2, 0.25) is 0 Å². The van der Waals surface area contributed by atoms with E-state index in [0.29, 0.717) is 18.5 Å². The van der Waals surface area contributed by atoms with Gasteiger partial charge in [-0.25, -0.2) is 0 Å². The van der Waals surface area contributed by atoms with Crippen LogP contribution in [0.25, 0.3) is 0 Å². The molecule has 1 heterocycles. The molecule has 4 nitrogen and oxygen atoms in total. The van der Waals surface area contributed by atoms with Gasteiger partial charge in [-0.1, -0.05) is 0 Å². The molecule has 1 aromatic rings. The number of carbonyl (C=O) groups excluding carboxylic acids is 1. The predicted octanol–water partition coefficient (Wildman–Crippen LogP) is 1.05. The summed E-state index contributed by atoms with van der Waals surface area (Å²) in [5.41, 5.74) is 1.30. The van der Waals surface area contributed by atoms with Gasteiger partial charge in [0.1, 0.15) is 6.10 Å². The highest BCUT2D eigenvalue weighted by Crippen LogP contribution is 2.21. The average Bonchev–Trinajstić information content (AvgIpc) is 2.33. The number of nitrogens with zero attached hydrogens (tertiary/aromatic N) is 2. The zero-order valence-electron chi connectivity index (χ0n) is 8.76. The van der Waals surface area contributed by atoms with Gasteiger partial charge < -0.3 is 10.0 Å². The smallest absolute Gasteiger partial charge is 0.255 e. The highest BCUT2D eigenvalue weighted by Gasteiger charge is 2.27. The highest BCUT2D eigenvalue weighted by molar-refractivity contribution is 5.97. The van der Waals surface area contributed by atoms with Gasteiger partial charge in [-0.05, 0) is 37.1 Å². The molecule has 1 aromatic carbocycles. The average molecular weight is 216 g/mol. The third-order valence-corrected chi connectivity index (χ3v) is 2.72. The van der Waals surface area contributed by atoms with Gasteiger partial charge in [0.05, 0.1) is 11.6 Å². The summed E-state index contributed by atoms with van der Waals surface area (Å²) >= 11 is 0. The summed E-state index contributed by atoms with van der Waals surface area (Å²) in [5.74, 6) is -0.254. The highest BCUT2D eigenvalue weighted by atomic mass is 16.3. The van der Waals surface area contributed by atoms with Crippen molar-refractivity contribution in [1.29, 1.82) is 5.26 Å². The van der Waals surface area contributed by atoms with Gasteiger partial charge in [0.25, 0.3) is 5.91 Å². The fraction of sp³-hybridized carbons (Fsp3) is 0.333. The van der Waals surface area contributed by atoms with E-state index in [1.807, 2.05) is 6.07 Å². The molecule has 0 aliphatic carbocycles. The molecule has 1 N–H and O–H groups in total. The van der Waals surface area contributed by atoms with Crippen molar-refractivity contribution in [3.63, 3.8) is 0 Å². The van der Waals surface area contributed by atoms with Crippen LogP contribution in [-0.2, 0) is 4.79 Å². The molecule has 4 heteroatoms. The lowest BCUT2D eigenvalue weighted by atomic mass is 10.1. The monoisotopic (exact) mass is 216 g/mol. The lowest BCUT2D eigenvalue weighted by Crippen LogP contribution is -2.44. The number of benzene rings is 1. The third-order valence-electron chi connectivity index (χ3n) is 2.72. The standard InChI is InChI=1S/C12H12N2O2/c13-8-9-3-5-10(6-4-9)14-7-1-2-11(15)12(14)16/h3-6,11,15H,1-2,7H2. The summed E-state index contributed by atoms with van der Waals surface area (Å²) in [5, 5.41) is 18.1. The Balaban J connectivity index is 2.23. The fourth-order valence-electron chi connectivity index (χ4n) is 1.83. The zero-order chi connectivity index (χ0) is 11.5. The molecule has 16 heavy (non-hydrogen) atoms. The van der Waals surface area contributed by atoms with Gasteiger partial charge in [-0.3, -0.25) is 4.79 Å². The van der Waals surface area contributed by atoms with E-state index in [1.165, 1.54) is 0 Å². The Kier molecular flexibility index (Phi) is 2.88. The summed E-state index contributed by atoms with van der Waals surface area (Å²) in [7, 11) is 0. The van der Waals surface area contributed by atoms with Gasteiger partial charge >= 0.3 is 0 Å². The molecular weight excluding hydrogens is 204 g/mol. The van der Waals surface area contributed by atoms with E-state index in [1.54, 1.807) is 29.2 Å². The van der Waals surface area contributed by atoms with Crippen LogP contribution in [0.4, 0.5) is 5.69 Å². The van der Waals surface area contributed by atoms with Crippen LogP contribution < -0.4 is 4.90 Å². The number of hydrogen-bond donors (Lipinski definition) is 1. The molecule has 0 radical (unpaired) electrons. The lowest BCUT2D eigenvalue weighted by Gasteiger charge is -2.29. The van der Waals surface area contributed by atoms with Crippen LogP contribution in [0, 0.1) is 11.3 Å². The van der Waals surface area contributed by atoms with Crippen molar-refractivity contribution in [1.82, 2.24) is 0 Å². The number of aliphatic hydroxyl groups excluding tert-OH is 1. The maximum Gasteiger partial charge on any atom is 0.255 e. The van der Waals surface area contributed by atoms with Crippen LogP contribution in [0.5, 0.6) is 0 Å². The molecule has 0 bridgehead atoms. The first-order valence-corrected chi connectivity index (χ1v) is 5.22. The van der Waals surface area contributed by atoms with E-state index >= 15 is 0 Å². The van der Waals surface area contributed by atoms with E-state index < -0.39 is 6.10 Å². The first kappa shape index (κ1) is 10.7. The van der Waals surface area contributed by atoms with Crippen LogP contribution in [-0.4, -0.2) is 23.7 Å². The third kappa shape index (κ3) is 1.90. The maximum atomic E-state index is 11.7. The fourth-order valence-corrected chi connectivity index (χ4v) is 1.83. The second-order valence-corrected chi connectivity index (χ2v) is 3.81. The number of nitriles is 1. The molecular formula is C12H12N2O2. The van der Waals surface area contributed by atoms with Gasteiger partial charge in [-0.2, -0.15) is 5.26 Å². The summed E-state index contributed by atoms with van der Waals surface area (Å²) < 4.78 is 0. The van der Waals surface area contributed by atoms with Crippen molar-refractivity contribution >= 4 is 11.6 Å². The van der Waals surface area contributed by atoms with Crippen molar-refractivity contribution in [3.8, 4) is 6.07 Å². The van der Waals surface area contributed by atoms with E-state index in [9.17, 15) is 9.90 Å².